The van der Waals surface area contributed by atoms with Gasteiger partial charge in [0.05, 0.1) is 18.7 Å². The number of hydrogen-bond acceptors (Lipinski definition) is 5. The van der Waals surface area contributed by atoms with Crippen LogP contribution in [-0.2, 0) is 9.59 Å². The highest BCUT2D eigenvalue weighted by molar-refractivity contribution is 5.98. The Balaban J connectivity index is 2.18. The Hall–Kier alpha value is -2.31. The van der Waals surface area contributed by atoms with Crippen molar-refractivity contribution < 1.29 is 14.3 Å². The summed E-state index contributed by atoms with van der Waals surface area (Å²) in [6.45, 7) is 0.366. The Morgan fingerprint density at radius 2 is 2.29 bits per heavy atom. The van der Waals surface area contributed by atoms with Crippen molar-refractivity contribution in [3.63, 3.8) is 0 Å². The Kier molecular flexibility index (Phi) is 4.62. The average Bonchev–Trinajstić information content (AvgIpc) is 2.47. The van der Waals surface area contributed by atoms with Gasteiger partial charge < -0.3 is 20.3 Å². The molecule has 1 aliphatic heterocycles. The number of nitrogens with zero attached hydrogens (tertiary/aromatic N) is 2. The lowest BCUT2D eigenvalue weighted by Crippen LogP contribution is -2.40. The van der Waals surface area contributed by atoms with E-state index >= 15 is 0 Å². The van der Waals surface area contributed by atoms with Crippen LogP contribution in [0.5, 0.6) is 5.88 Å². The van der Waals surface area contributed by atoms with Crippen LogP contribution in [0.1, 0.15) is 12.8 Å². The van der Waals surface area contributed by atoms with Crippen molar-refractivity contribution >= 4 is 23.2 Å². The molecule has 0 bridgehead atoms. The third-order valence-electron chi connectivity index (χ3n) is 3.45. The van der Waals surface area contributed by atoms with E-state index in [0.29, 0.717) is 31.0 Å². The maximum Gasteiger partial charge on any atom is 0.239 e. The largest absolute Gasteiger partial charge is 0.479 e. The summed E-state index contributed by atoms with van der Waals surface area (Å²) in [5.41, 5.74) is 1.36. The standard InChI is InChI=1S/C14H20N4O3/c1-18(2)10-6-7-15-14(21-3)12(10)17-13(20)9-4-5-11(19)16-8-9/h6-7,9H,4-5,8H2,1-3H3,(H,16,19)(H,17,20). The van der Waals surface area contributed by atoms with Crippen LogP contribution in [0.3, 0.4) is 0 Å². The number of amides is 2. The van der Waals surface area contributed by atoms with Crippen LogP contribution in [0.25, 0.3) is 0 Å². The zero-order chi connectivity index (χ0) is 15.4. The van der Waals surface area contributed by atoms with Gasteiger partial charge in [-0.3, -0.25) is 9.59 Å². The summed E-state index contributed by atoms with van der Waals surface area (Å²) in [5.74, 6) is -0.00610. The molecule has 1 fully saturated rings. The summed E-state index contributed by atoms with van der Waals surface area (Å²) in [7, 11) is 5.27. The molecule has 1 unspecified atom stereocenters. The molecule has 114 valence electrons. The molecule has 0 radical (unpaired) electrons. The maximum atomic E-state index is 12.4. The number of carbonyl (C=O) groups is 2. The number of carbonyl (C=O) groups excluding carboxylic acids is 2. The van der Waals surface area contributed by atoms with Crippen LogP contribution in [0, 0.1) is 5.92 Å². The van der Waals surface area contributed by atoms with E-state index in [4.69, 9.17) is 4.74 Å². The predicted octanol–water partition coefficient (Wildman–Crippen LogP) is 0.621. The van der Waals surface area contributed by atoms with Crippen LogP contribution in [0.2, 0.25) is 0 Å². The first-order chi connectivity index (χ1) is 10.0. The van der Waals surface area contributed by atoms with Gasteiger partial charge in [0.2, 0.25) is 17.7 Å². The number of anilines is 2. The normalized spacial score (nSPS) is 17.9. The van der Waals surface area contributed by atoms with E-state index < -0.39 is 0 Å². The minimum atomic E-state index is -0.234. The monoisotopic (exact) mass is 292 g/mol. The van der Waals surface area contributed by atoms with Gasteiger partial charge in [0.1, 0.15) is 5.69 Å². The van der Waals surface area contributed by atoms with Gasteiger partial charge in [-0.1, -0.05) is 0 Å². The lowest BCUT2D eigenvalue weighted by molar-refractivity contribution is -0.126. The Morgan fingerprint density at radius 3 is 2.86 bits per heavy atom. The van der Waals surface area contributed by atoms with Gasteiger partial charge in [-0.15, -0.1) is 0 Å². The summed E-state index contributed by atoms with van der Waals surface area (Å²) in [4.78, 5) is 29.5. The van der Waals surface area contributed by atoms with Crippen LogP contribution >= 0.6 is 0 Å². The molecule has 1 aliphatic rings. The number of pyridine rings is 1. The molecular formula is C14H20N4O3. The molecule has 0 spiro atoms. The SMILES string of the molecule is COc1nccc(N(C)C)c1NC(=O)C1CCC(=O)NC1. The summed E-state index contributed by atoms with van der Waals surface area (Å²) >= 11 is 0. The van der Waals surface area contributed by atoms with E-state index in [1.54, 1.807) is 12.3 Å². The van der Waals surface area contributed by atoms with E-state index in [2.05, 4.69) is 15.6 Å². The van der Waals surface area contributed by atoms with Gasteiger partial charge in [-0.05, 0) is 12.5 Å². The first-order valence-electron chi connectivity index (χ1n) is 6.80. The average molecular weight is 292 g/mol. The minimum absolute atomic E-state index is 0.00742. The van der Waals surface area contributed by atoms with Gasteiger partial charge in [0.25, 0.3) is 0 Å². The number of hydrogen-bond donors (Lipinski definition) is 2. The van der Waals surface area contributed by atoms with Crippen molar-refractivity contribution in [3.8, 4) is 5.88 Å². The second-order valence-corrected chi connectivity index (χ2v) is 5.14. The van der Waals surface area contributed by atoms with Gasteiger partial charge in [-0.2, -0.15) is 0 Å². The summed E-state index contributed by atoms with van der Waals surface area (Å²) in [5, 5.41) is 5.58. The van der Waals surface area contributed by atoms with Crippen molar-refractivity contribution in [2.75, 3.05) is 38.0 Å². The number of nitrogens with one attached hydrogen (secondary N) is 2. The molecule has 1 aromatic heterocycles. The Labute approximate surface area is 123 Å². The number of aromatic nitrogens is 1. The Bertz CT molecular complexity index is 535. The molecular weight excluding hydrogens is 272 g/mol. The van der Waals surface area contributed by atoms with Gasteiger partial charge in [-0.25, -0.2) is 4.98 Å². The van der Waals surface area contributed by atoms with E-state index in [-0.39, 0.29) is 17.7 Å². The molecule has 1 saturated heterocycles. The van der Waals surface area contributed by atoms with E-state index in [1.807, 2.05) is 19.0 Å². The van der Waals surface area contributed by atoms with Crippen molar-refractivity contribution in [3.05, 3.63) is 12.3 Å². The highest BCUT2D eigenvalue weighted by Crippen LogP contribution is 2.32. The third-order valence-corrected chi connectivity index (χ3v) is 3.45. The molecule has 7 nitrogen and oxygen atoms in total. The number of methoxy groups -OCH3 is 1. The zero-order valence-electron chi connectivity index (χ0n) is 12.5. The van der Waals surface area contributed by atoms with E-state index in [0.717, 1.165) is 5.69 Å². The van der Waals surface area contributed by atoms with Gasteiger partial charge in [0.15, 0.2) is 0 Å². The highest BCUT2D eigenvalue weighted by atomic mass is 16.5. The van der Waals surface area contributed by atoms with Crippen LogP contribution in [-0.4, -0.2) is 44.5 Å². The second kappa shape index (κ2) is 6.43. The highest BCUT2D eigenvalue weighted by Gasteiger charge is 2.26. The molecule has 2 heterocycles. The first-order valence-corrected chi connectivity index (χ1v) is 6.80. The van der Waals surface area contributed by atoms with E-state index in [9.17, 15) is 9.59 Å². The fourth-order valence-corrected chi connectivity index (χ4v) is 2.26. The van der Waals surface area contributed by atoms with E-state index in [1.165, 1.54) is 7.11 Å². The van der Waals surface area contributed by atoms with Gasteiger partial charge in [0, 0.05) is 33.3 Å². The molecule has 0 saturated carbocycles. The number of rotatable bonds is 4. The molecule has 2 N–H and O–H groups in total. The molecule has 2 rings (SSSR count). The minimum Gasteiger partial charge on any atom is -0.479 e. The summed E-state index contributed by atoms with van der Waals surface area (Å²) < 4.78 is 5.22. The fraction of sp³-hybridized carbons (Fsp3) is 0.500. The quantitative estimate of drug-likeness (QED) is 0.850. The molecule has 0 aromatic carbocycles. The summed E-state index contributed by atoms with van der Waals surface area (Å²) in [6.07, 6.45) is 2.56. The molecule has 7 heteroatoms. The number of piperidine rings is 1. The van der Waals surface area contributed by atoms with Crippen molar-refractivity contribution in [1.29, 1.82) is 0 Å². The molecule has 2 amide bonds. The zero-order valence-corrected chi connectivity index (χ0v) is 12.5. The van der Waals surface area contributed by atoms with Gasteiger partial charge >= 0.3 is 0 Å². The van der Waals surface area contributed by atoms with Crippen molar-refractivity contribution in [2.45, 2.75) is 12.8 Å². The third kappa shape index (κ3) is 3.42. The lowest BCUT2D eigenvalue weighted by atomic mass is 9.98. The molecule has 21 heavy (non-hydrogen) atoms. The van der Waals surface area contributed by atoms with Crippen LogP contribution in [0.4, 0.5) is 11.4 Å². The molecule has 1 aromatic rings. The Morgan fingerprint density at radius 1 is 1.52 bits per heavy atom. The predicted molar refractivity (Wildman–Crippen MR) is 79.5 cm³/mol. The number of ether oxygens (including phenoxy) is 1. The van der Waals surface area contributed by atoms with Crippen molar-refractivity contribution in [1.82, 2.24) is 10.3 Å². The second-order valence-electron chi connectivity index (χ2n) is 5.14. The first kappa shape index (κ1) is 15.1. The molecule has 0 aliphatic carbocycles. The fourth-order valence-electron chi connectivity index (χ4n) is 2.26. The van der Waals surface area contributed by atoms with Crippen LogP contribution in [0.15, 0.2) is 12.3 Å². The van der Waals surface area contributed by atoms with Crippen LogP contribution < -0.4 is 20.3 Å². The maximum absolute atomic E-state index is 12.4. The van der Waals surface area contributed by atoms with Crippen molar-refractivity contribution in [2.24, 2.45) is 5.92 Å². The summed E-state index contributed by atoms with van der Waals surface area (Å²) in [6, 6.07) is 1.81. The lowest BCUT2D eigenvalue weighted by Gasteiger charge is -2.24. The topological polar surface area (TPSA) is 83.6 Å². The smallest absolute Gasteiger partial charge is 0.239 e. The molecule has 1 atom stereocenters.